The van der Waals surface area contributed by atoms with Crippen molar-refractivity contribution in [1.82, 2.24) is 0 Å². The SMILES string of the molecule is COCCOc1ccc(NC2CCCS(=O)(=O)C2)cc1. The fourth-order valence-corrected chi connectivity index (χ4v) is 3.90. The third kappa shape index (κ3) is 4.68. The van der Waals surface area contributed by atoms with Crippen LogP contribution in [0.1, 0.15) is 12.8 Å². The number of nitrogens with one attached hydrogen (secondary N) is 1. The number of hydrogen-bond donors (Lipinski definition) is 1. The Labute approximate surface area is 120 Å². The second-order valence-electron chi connectivity index (χ2n) is 4.96. The average molecular weight is 299 g/mol. The second-order valence-corrected chi connectivity index (χ2v) is 7.19. The van der Waals surface area contributed by atoms with E-state index >= 15 is 0 Å². The molecule has 6 heteroatoms. The van der Waals surface area contributed by atoms with E-state index in [9.17, 15) is 8.42 Å². The molecule has 0 spiro atoms. The van der Waals surface area contributed by atoms with Gasteiger partial charge in [0.1, 0.15) is 12.4 Å². The molecular weight excluding hydrogens is 278 g/mol. The molecule has 0 radical (unpaired) electrons. The molecule has 1 aliphatic rings. The maximum absolute atomic E-state index is 11.6. The Balaban J connectivity index is 1.87. The van der Waals surface area contributed by atoms with Crippen LogP contribution in [0.4, 0.5) is 5.69 Å². The fraction of sp³-hybridized carbons (Fsp3) is 0.571. The van der Waals surface area contributed by atoms with Gasteiger partial charge >= 0.3 is 0 Å². The molecule has 112 valence electrons. The lowest BCUT2D eigenvalue weighted by molar-refractivity contribution is 0.146. The molecule has 0 saturated carbocycles. The molecule has 1 atom stereocenters. The number of benzene rings is 1. The summed E-state index contributed by atoms with van der Waals surface area (Å²) in [7, 11) is -1.24. The molecule has 1 saturated heterocycles. The normalized spacial score (nSPS) is 21.4. The van der Waals surface area contributed by atoms with Gasteiger partial charge in [0.15, 0.2) is 9.84 Å². The van der Waals surface area contributed by atoms with Gasteiger partial charge in [-0.3, -0.25) is 0 Å². The molecule has 20 heavy (non-hydrogen) atoms. The summed E-state index contributed by atoms with van der Waals surface area (Å²) in [5.74, 6) is 1.32. The van der Waals surface area contributed by atoms with Crippen LogP contribution in [0, 0.1) is 0 Å². The number of rotatable bonds is 6. The van der Waals surface area contributed by atoms with Gasteiger partial charge in [-0.15, -0.1) is 0 Å². The maximum Gasteiger partial charge on any atom is 0.152 e. The summed E-state index contributed by atoms with van der Waals surface area (Å²) < 4.78 is 33.5. The maximum atomic E-state index is 11.6. The van der Waals surface area contributed by atoms with Gasteiger partial charge in [-0.2, -0.15) is 0 Å². The van der Waals surface area contributed by atoms with E-state index in [0.29, 0.717) is 19.0 Å². The summed E-state index contributed by atoms with van der Waals surface area (Å²) in [6, 6.07) is 7.56. The van der Waals surface area contributed by atoms with E-state index in [4.69, 9.17) is 9.47 Å². The average Bonchev–Trinajstić information content (AvgIpc) is 2.40. The van der Waals surface area contributed by atoms with Gasteiger partial charge in [-0.1, -0.05) is 0 Å². The van der Waals surface area contributed by atoms with Crippen LogP contribution in [0.3, 0.4) is 0 Å². The van der Waals surface area contributed by atoms with Gasteiger partial charge in [0.2, 0.25) is 0 Å². The zero-order chi connectivity index (χ0) is 14.4. The Kier molecular flexibility index (Phi) is 5.25. The summed E-state index contributed by atoms with van der Waals surface area (Å²) in [5, 5.41) is 3.27. The second kappa shape index (κ2) is 6.95. The van der Waals surface area contributed by atoms with Gasteiger partial charge in [0.05, 0.1) is 18.1 Å². The van der Waals surface area contributed by atoms with E-state index in [1.165, 1.54) is 0 Å². The molecule has 1 fully saturated rings. The zero-order valence-electron chi connectivity index (χ0n) is 11.7. The molecule has 1 aromatic carbocycles. The van der Waals surface area contributed by atoms with Gasteiger partial charge in [-0.25, -0.2) is 8.42 Å². The zero-order valence-corrected chi connectivity index (χ0v) is 12.5. The van der Waals surface area contributed by atoms with Crippen LogP contribution < -0.4 is 10.1 Å². The Hall–Kier alpha value is -1.27. The van der Waals surface area contributed by atoms with Crippen LogP contribution in [0.15, 0.2) is 24.3 Å². The minimum absolute atomic E-state index is 0.00834. The summed E-state index contributed by atoms with van der Waals surface area (Å²) in [5.41, 5.74) is 0.922. The highest BCUT2D eigenvalue weighted by atomic mass is 32.2. The molecule has 0 bridgehead atoms. The molecule has 0 aromatic heterocycles. The first-order valence-electron chi connectivity index (χ1n) is 6.78. The highest BCUT2D eigenvalue weighted by molar-refractivity contribution is 7.91. The van der Waals surface area contributed by atoms with E-state index in [2.05, 4.69) is 5.32 Å². The van der Waals surface area contributed by atoms with Crippen molar-refractivity contribution in [1.29, 1.82) is 0 Å². The van der Waals surface area contributed by atoms with E-state index < -0.39 is 9.84 Å². The summed E-state index contributed by atoms with van der Waals surface area (Å²) >= 11 is 0. The van der Waals surface area contributed by atoms with Crippen molar-refractivity contribution < 1.29 is 17.9 Å². The Morgan fingerprint density at radius 3 is 2.65 bits per heavy atom. The molecule has 0 aliphatic carbocycles. The lowest BCUT2D eigenvalue weighted by Gasteiger charge is -2.24. The van der Waals surface area contributed by atoms with E-state index in [0.717, 1.165) is 24.3 Å². The monoisotopic (exact) mass is 299 g/mol. The molecule has 1 unspecified atom stereocenters. The van der Waals surface area contributed by atoms with Crippen LogP contribution in [0.25, 0.3) is 0 Å². The topological polar surface area (TPSA) is 64.6 Å². The first-order valence-corrected chi connectivity index (χ1v) is 8.60. The van der Waals surface area contributed by atoms with Gasteiger partial charge in [0.25, 0.3) is 0 Å². The molecule has 1 N–H and O–H groups in total. The van der Waals surface area contributed by atoms with E-state index in [1.54, 1.807) is 7.11 Å². The minimum atomic E-state index is -2.88. The first-order chi connectivity index (χ1) is 9.59. The van der Waals surface area contributed by atoms with Gasteiger partial charge in [-0.05, 0) is 37.1 Å². The van der Waals surface area contributed by atoms with Crippen molar-refractivity contribution in [2.75, 3.05) is 37.1 Å². The third-order valence-corrected chi connectivity index (χ3v) is 5.07. The lowest BCUT2D eigenvalue weighted by atomic mass is 10.1. The largest absolute Gasteiger partial charge is 0.491 e. The molecule has 0 amide bonds. The lowest BCUT2D eigenvalue weighted by Crippen LogP contribution is -2.34. The number of hydrogen-bond acceptors (Lipinski definition) is 5. The van der Waals surface area contributed by atoms with Crippen LogP contribution in [0.2, 0.25) is 0 Å². The van der Waals surface area contributed by atoms with Crippen molar-refractivity contribution in [3.63, 3.8) is 0 Å². The van der Waals surface area contributed by atoms with Crippen LogP contribution in [-0.2, 0) is 14.6 Å². The smallest absolute Gasteiger partial charge is 0.152 e. The highest BCUT2D eigenvalue weighted by Crippen LogP contribution is 2.20. The van der Waals surface area contributed by atoms with Crippen LogP contribution >= 0.6 is 0 Å². The third-order valence-electron chi connectivity index (χ3n) is 3.24. The van der Waals surface area contributed by atoms with Crippen molar-refractivity contribution in [2.45, 2.75) is 18.9 Å². The molecule has 1 aromatic rings. The molecular formula is C14H21NO4S. The van der Waals surface area contributed by atoms with Crippen LogP contribution in [-0.4, -0.2) is 46.3 Å². The molecule has 2 rings (SSSR count). The first kappa shape index (κ1) is 15.1. The van der Waals surface area contributed by atoms with E-state index in [-0.39, 0.29) is 11.8 Å². The number of anilines is 1. The highest BCUT2D eigenvalue weighted by Gasteiger charge is 2.24. The molecule has 1 aliphatic heterocycles. The van der Waals surface area contributed by atoms with Gasteiger partial charge < -0.3 is 14.8 Å². The van der Waals surface area contributed by atoms with Crippen molar-refractivity contribution in [3.8, 4) is 5.75 Å². The Bertz CT molecular complexity index is 512. The Morgan fingerprint density at radius 2 is 2.00 bits per heavy atom. The predicted octanol–water partition coefficient (Wildman–Crippen LogP) is 1.70. The van der Waals surface area contributed by atoms with Gasteiger partial charge in [0, 0.05) is 18.8 Å². The summed E-state index contributed by atoms with van der Waals surface area (Å²) in [4.78, 5) is 0. The van der Waals surface area contributed by atoms with Crippen molar-refractivity contribution in [3.05, 3.63) is 24.3 Å². The standard InChI is InChI=1S/C14H21NO4S/c1-18-8-9-19-14-6-4-12(5-7-14)15-13-3-2-10-20(16,17)11-13/h4-7,13,15H,2-3,8-11H2,1H3. The Morgan fingerprint density at radius 1 is 1.25 bits per heavy atom. The van der Waals surface area contributed by atoms with E-state index in [1.807, 2.05) is 24.3 Å². The van der Waals surface area contributed by atoms with Crippen molar-refractivity contribution in [2.24, 2.45) is 0 Å². The fourth-order valence-electron chi connectivity index (χ4n) is 2.26. The predicted molar refractivity (Wildman–Crippen MR) is 79.1 cm³/mol. The number of ether oxygens (including phenoxy) is 2. The minimum Gasteiger partial charge on any atom is -0.491 e. The number of sulfone groups is 1. The summed E-state index contributed by atoms with van der Waals surface area (Å²) in [6.07, 6.45) is 1.63. The summed E-state index contributed by atoms with van der Waals surface area (Å²) in [6.45, 7) is 1.07. The van der Waals surface area contributed by atoms with Crippen LogP contribution in [0.5, 0.6) is 5.75 Å². The molecule has 1 heterocycles. The molecule has 5 nitrogen and oxygen atoms in total. The quantitative estimate of drug-likeness (QED) is 0.810. The van der Waals surface area contributed by atoms with Crippen molar-refractivity contribution >= 4 is 15.5 Å². The number of methoxy groups -OCH3 is 1.